The molecular weight excluding hydrogens is 260 g/mol. The van der Waals surface area contributed by atoms with Crippen molar-refractivity contribution >= 4 is 11.6 Å². The van der Waals surface area contributed by atoms with Gasteiger partial charge in [0, 0.05) is 24.7 Å². The quantitative estimate of drug-likeness (QED) is 0.629. The van der Waals surface area contributed by atoms with Crippen molar-refractivity contribution in [3.05, 3.63) is 11.6 Å². The van der Waals surface area contributed by atoms with Gasteiger partial charge in [-0.2, -0.15) is 0 Å². The first-order chi connectivity index (χ1) is 9.95. The monoisotopic (exact) mass is 286 g/mol. The van der Waals surface area contributed by atoms with Crippen LogP contribution in [0.15, 0.2) is 11.6 Å². The van der Waals surface area contributed by atoms with Crippen molar-refractivity contribution in [3.63, 3.8) is 0 Å². The lowest BCUT2D eigenvalue weighted by molar-refractivity contribution is -0.133. The van der Waals surface area contributed by atoms with Crippen molar-refractivity contribution in [2.45, 2.75) is 65.2 Å². The Balaban J connectivity index is 1.68. The summed E-state index contributed by atoms with van der Waals surface area (Å²) in [6.07, 6.45) is 10.2. The molecule has 0 bridgehead atoms. The second-order valence-corrected chi connectivity index (χ2v) is 8.39. The van der Waals surface area contributed by atoms with Gasteiger partial charge in [0.05, 0.1) is 0 Å². The summed E-state index contributed by atoms with van der Waals surface area (Å²) in [5.41, 5.74) is 1.67. The van der Waals surface area contributed by atoms with Crippen LogP contribution in [0.25, 0.3) is 0 Å². The average molecular weight is 286 g/mol. The fraction of sp³-hybridized carbons (Fsp3) is 0.789. The van der Waals surface area contributed by atoms with Crippen LogP contribution >= 0.6 is 0 Å². The maximum Gasteiger partial charge on any atom is 0.146 e. The first-order valence-electron chi connectivity index (χ1n) is 8.71. The Bertz CT molecular complexity index is 546. The Labute approximate surface area is 127 Å². The summed E-state index contributed by atoms with van der Waals surface area (Å²) in [7, 11) is 0. The van der Waals surface area contributed by atoms with E-state index in [0.29, 0.717) is 41.2 Å². The Hall–Kier alpha value is -0.920. The number of rotatable bonds is 0. The number of carbonyl (C=O) groups excluding carboxylic acids is 2. The molecule has 0 radical (unpaired) electrons. The van der Waals surface area contributed by atoms with Gasteiger partial charge in [-0.15, -0.1) is 0 Å². The average Bonchev–Trinajstić information content (AvgIpc) is 2.76. The van der Waals surface area contributed by atoms with Crippen LogP contribution in [0.1, 0.15) is 65.2 Å². The van der Waals surface area contributed by atoms with E-state index >= 15 is 0 Å². The molecule has 3 saturated carbocycles. The minimum absolute atomic E-state index is 0.144. The van der Waals surface area contributed by atoms with Crippen LogP contribution in [-0.4, -0.2) is 11.6 Å². The van der Waals surface area contributed by atoms with E-state index in [0.717, 1.165) is 25.7 Å². The molecule has 0 aliphatic heterocycles. The minimum Gasteiger partial charge on any atom is -0.300 e. The van der Waals surface area contributed by atoms with E-state index in [9.17, 15) is 9.59 Å². The number of fused-ring (bicyclic) bond motifs is 5. The molecule has 0 spiro atoms. The zero-order valence-corrected chi connectivity index (χ0v) is 13.3. The van der Waals surface area contributed by atoms with E-state index < -0.39 is 0 Å². The van der Waals surface area contributed by atoms with Crippen LogP contribution in [-0.2, 0) is 9.59 Å². The van der Waals surface area contributed by atoms with E-state index in [-0.39, 0.29) is 5.41 Å². The summed E-state index contributed by atoms with van der Waals surface area (Å²) >= 11 is 0. The lowest BCUT2D eigenvalue weighted by Gasteiger charge is -2.57. The number of Topliss-reactive ketones (excluding diaryl/α,β-unsaturated/α-hetero) is 2. The second-order valence-electron chi connectivity index (χ2n) is 8.39. The smallest absolute Gasteiger partial charge is 0.146 e. The Kier molecular flexibility index (Phi) is 2.81. The molecule has 0 heterocycles. The van der Waals surface area contributed by atoms with Crippen LogP contribution in [0.2, 0.25) is 0 Å². The van der Waals surface area contributed by atoms with E-state index in [2.05, 4.69) is 19.9 Å². The highest BCUT2D eigenvalue weighted by Crippen LogP contribution is 2.63. The molecule has 0 N–H and O–H groups in total. The van der Waals surface area contributed by atoms with Gasteiger partial charge in [-0.3, -0.25) is 9.59 Å². The third-order valence-corrected chi connectivity index (χ3v) is 7.62. The molecular formula is C19H26O2. The predicted molar refractivity (Wildman–Crippen MR) is 81.7 cm³/mol. The molecule has 4 aliphatic rings. The number of ketones is 2. The van der Waals surface area contributed by atoms with Gasteiger partial charge in [0.1, 0.15) is 11.6 Å². The van der Waals surface area contributed by atoms with Gasteiger partial charge in [-0.05, 0) is 62.2 Å². The molecule has 3 fully saturated rings. The topological polar surface area (TPSA) is 34.1 Å². The Morgan fingerprint density at radius 3 is 2.71 bits per heavy atom. The Morgan fingerprint density at radius 2 is 1.90 bits per heavy atom. The highest BCUT2D eigenvalue weighted by Gasteiger charge is 2.57. The standard InChI is InChI=1S/C19H26O2/c1-18-9-7-13(20)11-12(18)3-4-14-15-5-6-17(21)19(15,2)10-8-16(14)18/h5,12,14,16H,3-4,6-11H2,1-2H3/t12-,14?,16?,18?,19?/m0/s1. The molecule has 4 unspecified atom stereocenters. The zero-order valence-electron chi connectivity index (χ0n) is 13.3. The molecule has 21 heavy (non-hydrogen) atoms. The first-order valence-corrected chi connectivity index (χ1v) is 8.71. The summed E-state index contributed by atoms with van der Waals surface area (Å²) in [5.74, 6) is 2.84. The van der Waals surface area contributed by atoms with E-state index in [1.165, 1.54) is 24.8 Å². The molecule has 0 aromatic carbocycles. The van der Waals surface area contributed by atoms with Crippen LogP contribution in [0, 0.1) is 28.6 Å². The molecule has 4 rings (SSSR count). The third kappa shape index (κ3) is 1.71. The van der Waals surface area contributed by atoms with Crippen molar-refractivity contribution in [2.75, 3.05) is 0 Å². The molecule has 2 nitrogen and oxygen atoms in total. The largest absolute Gasteiger partial charge is 0.300 e. The molecule has 5 atom stereocenters. The van der Waals surface area contributed by atoms with E-state index in [1.54, 1.807) is 0 Å². The lowest BCUT2D eigenvalue weighted by Crippen LogP contribution is -2.51. The SMILES string of the molecule is CC12CCC3C(CC[C@H]4CC(=O)CCC34C)C1=CCC2=O. The summed E-state index contributed by atoms with van der Waals surface area (Å²) in [6, 6.07) is 0. The first kappa shape index (κ1) is 13.7. The van der Waals surface area contributed by atoms with Gasteiger partial charge in [0.25, 0.3) is 0 Å². The van der Waals surface area contributed by atoms with Crippen molar-refractivity contribution in [3.8, 4) is 0 Å². The summed E-state index contributed by atoms with van der Waals surface area (Å²) < 4.78 is 0. The van der Waals surface area contributed by atoms with Crippen LogP contribution < -0.4 is 0 Å². The van der Waals surface area contributed by atoms with Gasteiger partial charge >= 0.3 is 0 Å². The fourth-order valence-corrected chi connectivity index (χ4v) is 6.19. The molecule has 0 aromatic rings. The van der Waals surface area contributed by atoms with Crippen molar-refractivity contribution < 1.29 is 9.59 Å². The van der Waals surface area contributed by atoms with E-state index in [1.807, 2.05) is 0 Å². The second kappa shape index (κ2) is 4.30. The van der Waals surface area contributed by atoms with Crippen LogP contribution in [0.5, 0.6) is 0 Å². The highest BCUT2D eigenvalue weighted by atomic mass is 16.1. The van der Waals surface area contributed by atoms with Gasteiger partial charge < -0.3 is 0 Å². The third-order valence-electron chi connectivity index (χ3n) is 7.62. The fourth-order valence-electron chi connectivity index (χ4n) is 6.19. The number of hydrogen-bond donors (Lipinski definition) is 0. The van der Waals surface area contributed by atoms with Crippen molar-refractivity contribution in [2.24, 2.45) is 28.6 Å². The summed E-state index contributed by atoms with van der Waals surface area (Å²) in [5, 5.41) is 0. The molecule has 0 saturated heterocycles. The van der Waals surface area contributed by atoms with Gasteiger partial charge in [0.15, 0.2) is 0 Å². The van der Waals surface area contributed by atoms with Gasteiger partial charge in [-0.1, -0.05) is 18.6 Å². The molecule has 2 heteroatoms. The molecule has 114 valence electrons. The lowest BCUT2D eigenvalue weighted by atomic mass is 9.46. The number of carbonyl (C=O) groups is 2. The van der Waals surface area contributed by atoms with Crippen LogP contribution in [0.4, 0.5) is 0 Å². The van der Waals surface area contributed by atoms with Crippen molar-refractivity contribution in [1.29, 1.82) is 0 Å². The van der Waals surface area contributed by atoms with Crippen LogP contribution in [0.3, 0.4) is 0 Å². The minimum atomic E-state index is -0.144. The number of allylic oxidation sites excluding steroid dienone is 2. The van der Waals surface area contributed by atoms with Gasteiger partial charge in [-0.25, -0.2) is 0 Å². The summed E-state index contributed by atoms with van der Waals surface area (Å²) in [6.45, 7) is 4.63. The zero-order chi connectivity index (χ0) is 14.8. The maximum atomic E-state index is 12.3. The molecule has 4 aliphatic carbocycles. The van der Waals surface area contributed by atoms with Gasteiger partial charge in [0.2, 0.25) is 0 Å². The number of hydrogen-bond acceptors (Lipinski definition) is 2. The normalized spacial score (nSPS) is 49.2. The predicted octanol–water partition coefficient (Wildman–Crippen LogP) is 4.09. The van der Waals surface area contributed by atoms with E-state index in [4.69, 9.17) is 0 Å². The van der Waals surface area contributed by atoms with Crippen molar-refractivity contribution in [1.82, 2.24) is 0 Å². The molecule has 0 aromatic heterocycles. The maximum absolute atomic E-state index is 12.3. The highest BCUT2D eigenvalue weighted by molar-refractivity contribution is 5.92. The molecule has 0 amide bonds. The Morgan fingerprint density at radius 1 is 1.10 bits per heavy atom. The summed E-state index contributed by atoms with van der Waals surface area (Å²) in [4.78, 5) is 24.2.